The summed E-state index contributed by atoms with van der Waals surface area (Å²) in [5.41, 5.74) is 1.01. The minimum atomic E-state index is -0.00861. The van der Waals surface area contributed by atoms with Crippen LogP contribution in [0.15, 0.2) is 52.2 Å². The second-order valence-electron chi connectivity index (χ2n) is 8.46. The average molecular weight is 482 g/mol. The molecule has 1 aliphatic carbocycles. The minimum Gasteiger partial charge on any atom is -0.461 e. The number of rotatable bonds is 8. The molecule has 33 heavy (non-hydrogen) atoms. The molecular weight excluding hydrogens is 454 g/mol. The fourth-order valence-electron chi connectivity index (χ4n) is 4.25. The molecule has 5 rings (SSSR count). The van der Waals surface area contributed by atoms with Crippen LogP contribution in [0, 0.1) is 0 Å². The normalized spacial score (nSPS) is 15.7. The number of nitrogens with zero attached hydrogens (tertiary/aromatic N) is 4. The van der Waals surface area contributed by atoms with Gasteiger partial charge in [0, 0.05) is 18.5 Å². The Balaban J connectivity index is 1.22. The van der Waals surface area contributed by atoms with Gasteiger partial charge in [-0.3, -0.25) is 9.36 Å². The summed E-state index contributed by atoms with van der Waals surface area (Å²) >= 11 is 3.13. The van der Waals surface area contributed by atoms with Gasteiger partial charge in [-0.05, 0) is 37.1 Å². The molecule has 1 atom stereocenters. The summed E-state index contributed by atoms with van der Waals surface area (Å²) in [6.07, 6.45) is 7.54. The Hall–Kier alpha value is -2.65. The molecule has 1 fully saturated rings. The molecule has 1 aromatic carbocycles. The Kier molecular flexibility index (Phi) is 6.78. The van der Waals surface area contributed by atoms with Gasteiger partial charge in [0.2, 0.25) is 11.7 Å². The van der Waals surface area contributed by atoms with Gasteiger partial charge in [0.25, 0.3) is 0 Å². The molecule has 7 nitrogen and oxygen atoms in total. The molecule has 3 heterocycles. The molecule has 0 saturated heterocycles. The first-order valence-corrected chi connectivity index (χ1v) is 13.2. The lowest BCUT2D eigenvalue weighted by Gasteiger charge is -2.25. The zero-order valence-corrected chi connectivity index (χ0v) is 20.2. The van der Waals surface area contributed by atoms with Crippen LogP contribution in [0.3, 0.4) is 0 Å². The number of benzene rings is 1. The number of para-hydroxylation sites is 1. The molecule has 0 radical (unpaired) electrons. The summed E-state index contributed by atoms with van der Waals surface area (Å²) in [6.45, 7) is 2.66. The van der Waals surface area contributed by atoms with Crippen molar-refractivity contribution in [3.8, 4) is 11.6 Å². The van der Waals surface area contributed by atoms with Crippen LogP contribution < -0.4 is 5.32 Å². The molecule has 1 amide bonds. The Bertz CT molecular complexity index is 1180. The summed E-state index contributed by atoms with van der Waals surface area (Å²) < 4.78 is 8.96. The van der Waals surface area contributed by atoms with E-state index >= 15 is 0 Å². The third-order valence-electron chi connectivity index (χ3n) is 6.02. The van der Waals surface area contributed by atoms with Gasteiger partial charge in [0.05, 0.1) is 27.2 Å². The van der Waals surface area contributed by atoms with Crippen LogP contribution in [0.5, 0.6) is 0 Å². The molecule has 4 aromatic rings. The number of thiazole rings is 1. The van der Waals surface area contributed by atoms with E-state index in [2.05, 4.69) is 33.1 Å². The smallest absolute Gasteiger partial charge is 0.230 e. The molecule has 1 aliphatic rings. The molecule has 1 N–H and O–H groups in total. The summed E-state index contributed by atoms with van der Waals surface area (Å²) in [6, 6.07) is 12.2. The van der Waals surface area contributed by atoms with Crippen molar-refractivity contribution >= 4 is 39.2 Å². The Morgan fingerprint density at radius 1 is 1.21 bits per heavy atom. The summed E-state index contributed by atoms with van der Waals surface area (Å²) in [5.74, 6) is 1.92. The highest BCUT2D eigenvalue weighted by Crippen LogP contribution is 2.35. The molecule has 0 bridgehead atoms. The first-order valence-electron chi connectivity index (χ1n) is 11.4. The number of thioether (sulfide) groups is 1. The van der Waals surface area contributed by atoms with Gasteiger partial charge in [-0.2, -0.15) is 0 Å². The standard InChI is InChI=1S/C24H27N5O2S2/c1-16(23-26-18-10-5-6-12-20(18)33-23)14-25-21(30)15-32-24-28-27-22(19-11-7-13-31-19)29(24)17-8-3-2-4-9-17/h5-7,10-13,16-17H,2-4,8-9,14-15H2,1H3,(H,25,30). The van der Waals surface area contributed by atoms with E-state index in [4.69, 9.17) is 9.40 Å². The van der Waals surface area contributed by atoms with Gasteiger partial charge < -0.3 is 9.73 Å². The predicted molar refractivity (Wildman–Crippen MR) is 132 cm³/mol. The van der Waals surface area contributed by atoms with E-state index in [9.17, 15) is 4.79 Å². The number of carbonyl (C=O) groups excluding carboxylic acids is 1. The van der Waals surface area contributed by atoms with Crippen molar-refractivity contribution in [2.75, 3.05) is 12.3 Å². The van der Waals surface area contributed by atoms with Gasteiger partial charge >= 0.3 is 0 Å². The van der Waals surface area contributed by atoms with Crippen LogP contribution in [0.2, 0.25) is 0 Å². The summed E-state index contributed by atoms with van der Waals surface area (Å²) in [4.78, 5) is 17.3. The van der Waals surface area contributed by atoms with Crippen LogP contribution in [0.25, 0.3) is 21.8 Å². The number of hydrogen-bond donors (Lipinski definition) is 1. The predicted octanol–water partition coefficient (Wildman–Crippen LogP) is 5.67. The van der Waals surface area contributed by atoms with Gasteiger partial charge in [-0.1, -0.05) is 50.1 Å². The monoisotopic (exact) mass is 481 g/mol. The van der Waals surface area contributed by atoms with Crippen molar-refractivity contribution in [3.63, 3.8) is 0 Å². The largest absolute Gasteiger partial charge is 0.461 e. The number of nitrogens with one attached hydrogen (secondary N) is 1. The molecule has 3 aromatic heterocycles. The van der Waals surface area contributed by atoms with Gasteiger partial charge in [0.1, 0.15) is 0 Å². The number of carbonyl (C=O) groups is 1. The van der Waals surface area contributed by atoms with Gasteiger partial charge in [-0.25, -0.2) is 4.98 Å². The second-order valence-corrected chi connectivity index (χ2v) is 10.5. The maximum Gasteiger partial charge on any atom is 0.230 e. The maximum atomic E-state index is 12.6. The van der Waals surface area contributed by atoms with Crippen molar-refractivity contribution < 1.29 is 9.21 Å². The highest BCUT2D eigenvalue weighted by Gasteiger charge is 2.25. The fraction of sp³-hybridized carbons (Fsp3) is 0.417. The van der Waals surface area contributed by atoms with E-state index in [1.54, 1.807) is 17.6 Å². The highest BCUT2D eigenvalue weighted by molar-refractivity contribution is 7.99. The summed E-state index contributed by atoms with van der Waals surface area (Å²) in [5, 5.41) is 13.7. The molecule has 0 spiro atoms. The summed E-state index contributed by atoms with van der Waals surface area (Å²) in [7, 11) is 0. The highest BCUT2D eigenvalue weighted by atomic mass is 32.2. The van der Waals surface area contributed by atoms with Gasteiger partial charge in [0.15, 0.2) is 10.9 Å². The molecule has 1 saturated carbocycles. The van der Waals surface area contributed by atoms with Crippen molar-refractivity contribution in [3.05, 3.63) is 47.7 Å². The third-order valence-corrected chi connectivity index (χ3v) is 8.23. The van der Waals surface area contributed by atoms with E-state index < -0.39 is 0 Å². The Labute approximate surface area is 201 Å². The zero-order chi connectivity index (χ0) is 22.6. The second kappa shape index (κ2) is 10.1. The van der Waals surface area contributed by atoms with E-state index in [-0.39, 0.29) is 11.8 Å². The Morgan fingerprint density at radius 2 is 2.06 bits per heavy atom. The fourth-order valence-corrected chi connectivity index (χ4v) is 6.11. The molecular formula is C24H27N5O2S2. The lowest BCUT2D eigenvalue weighted by atomic mass is 9.95. The van der Waals surface area contributed by atoms with E-state index in [1.165, 1.54) is 35.7 Å². The zero-order valence-electron chi connectivity index (χ0n) is 18.6. The van der Waals surface area contributed by atoms with Crippen LogP contribution in [0.4, 0.5) is 0 Å². The number of amides is 1. The van der Waals surface area contributed by atoms with Crippen LogP contribution >= 0.6 is 23.1 Å². The Morgan fingerprint density at radius 3 is 2.85 bits per heavy atom. The van der Waals surface area contributed by atoms with E-state index in [0.29, 0.717) is 24.1 Å². The van der Waals surface area contributed by atoms with Crippen LogP contribution in [-0.4, -0.2) is 38.0 Å². The molecule has 0 aliphatic heterocycles. The van der Waals surface area contributed by atoms with E-state index in [0.717, 1.165) is 34.3 Å². The lowest BCUT2D eigenvalue weighted by Crippen LogP contribution is -2.29. The topological polar surface area (TPSA) is 85.8 Å². The van der Waals surface area contributed by atoms with Crippen molar-refractivity contribution in [2.45, 2.75) is 56.1 Å². The minimum absolute atomic E-state index is 0.00861. The van der Waals surface area contributed by atoms with Crippen molar-refractivity contribution in [2.24, 2.45) is 0 Å². The van der Waals surface area contributed by atoms with Crippen LogP contribution in [0.1, 0.15) is 56.0 Å². The number of aromatic nitrogens is 4. The van der Waals surface area contributed by atoms with Crippen LogP contribution in [-0.2, 0) is 4.79 Å². The molecule has 9 heteroatoms. The molecule has 1 unspecified atom stereocenters. The lowest BCUT2D eigenvalue weighted by molar-refractivity contribution is -0.118. The average Bonchev–Trinajstić information content (AvgIpc) is 3.60. The number of furan rings is 1. The van der Waals surface area contributed by atoms with Gasteiger partial charge in [-0.15, -0.1) is 21.5 Å². The first-order chi connectivity index (χ1) is 16.2. The SMILES string of the molecule is CC(CNC(=O)CSc1nnc(-c2ccco2)n1C1CCCCC1)c1nc2ccccc2s1. The van der Waals surface area contributed by atoms with Crippen molar-refractivity contribution in [1.82, 2.24) is 25.1 Å². The first kappa shape index (κ1) is 22.2. The van der Waals surface area contributed by atoms with E-state index in [1.807, 2.05) is 30.3 Å². The third kappa shape index (κ3) is 4.99. The number of hydrogen-bond acceptors (Lipinski definition) is 7. The number of fused-ring (bicyclic) bond motifs is 1. The quantitative estimate of drug-likeness (QED) is 0.327. The maximum absolute atomic E-state index is 12.6. The van der Waals surface area contributed by atoms with Crippen molar-refractivity contribution in [1.29, 1.82) is 0 Å². The molecule has 172 valence electrons.